The molecule has 2 rings (SSSR count). The minimum atomic E-state index is -0.0874. The predicted molar refractivity (Wildman–Crippen MR) is 70.7 cm³/mol. The highest BCUT2D eigenvalue weighted by Gasteiger charge is 2.31. The number of methoxy groups -OCH3 is 1. The molecule has 19 heavy (non-hydrogen) atoms. The molecule has 1 aliphatic carbocycles. The summed E-state index contributed by atoms with van der Waals surface area (Å²) in [5.41, 5.74) is 0. The molecule has 0 aromatic carbocycles. The van der Waals surface area contributed by atoms with Crippen LogP contribution in [0.4, 0.5) is 4.79 Å². The minimum Gasteiger partial charge on any atom is -0.383 e. The number of hydrogen-bond donors (Lipinski definition) is 2. The lowest BCUT2D eigenvalue weighted by atomic mass is 9.97. The van der Waals surface area contributed by atoms with E-state index in [1.54, 1.807) is 12.0 Å². The van der Waals surface area contributed by atoms with Gasteiger partial charge in [0.1, 0.15) is 0 Å². The van der Waals surface area contributed by atoms with Gasteiger partial charge in [-0.2, -0.15) is 0 Å². The average Bonchev–Trinajstić information content (AvgIpc) is 3.23. The molecule has 0 radical (unpaired) electrons. The van der Waals surface area contributed by atoms with Gasteiger partial charge >= 0.3 is 6.03 Å². The number of rotatable bonds is 5. The van der Waals surface area contributed by atoms with Crippen molar-refractivity contribution in [2.45, 2.75) is 31.7 Å². The Balaban J connectivity index is 1.75. The molecule has 1 saturated carbocycles. The van der Waals surface area contributed by atoms with E-state index in [2.05, 4.69) is 10.6 Å². The van der Waals surface area contributed by atoms with Gasteiger partial charge in [-0.05, 0) is 25.7 Å². The number of piperidine rings is 1. The van der Waals surface area contributed by atoms with E-state index in [-0.39, 0.29) is 17.9 Å². The van der Waals surface area contributed by atoms with Crippen molar-refractivity contribution in [1.29, 1.82) is 0 Å². The Hall–Kier alpha value is -1.30. The van der Waals surface area contributed by atoms with Crippen LogP contribution in [-0.4, -0.2) is 56.2 Å². The van der Waals surface area contributed by atoms with E-state index < -0.39 is 0 Å². The number of ether oxygens (including phenoxy) is 1. The van der Waals surface area contributed by atoms with Crippen molar-refractivity contribution in [3.63, 3.8) is 0 Å². The first kappa shape index (κ1) is 14.1. The van der Waals surface area contributed by atoms with Crippen LogP contribution >= 0.6 is 0 Å². The number of nitrogens with one attached hydrogen (secondary N) is 2. The van der Waals surface area contributed by atoms with Crippen LogP contribution in [0.3, 0.4) is 0 Å². The molecule has 0 bridgehead atoms. The first-order chi connectivity index (χ1) is 9.20. The lowest BCUT2D eigenvalue weighted by Gasteiger charge is -2.32. The zero-order chi connectivity index (χ0) is 13.7. The van der Waals surface area contributed by atoms with Crippen LogP contribution in [0.15, 0.2) is 0 Å². The summed E-state index contributed by atoms with van der Waals surface area (Å²) in [6.45, 7) is 2.32. The molecule has 2 aliphatic rings. The van der Waals surface area contributed by atoms with Crippen LogP contribution in [0.5, 0.6) is 0 Å². The third kappa shape index (κ3) is 4.38. The molecular weight excluding hydrogens is 246 g/mol. The highest BCUT2D eigenvalue weighted by molar-refractivity contribution is 5.81. The number of hydrogen-bond acceptors (Lipinski definition) is 3. The fourth-order valence-corrected chi connectivity index (χ4v) is 2.29. The average molecular weight is 269 g/mol. The number of carbonyl (C=O) groups excluding carboxylic acids is 2. The van der Waals surface area contributed by atoms with Gasteiger partial charge in [-0.25, -0.2) is 4.79 Å². The standard InChI is InChI=1S/C13H23N3O3/c1-19-8-6-14-12(17)10-3-2-7-16(9-10)13(18)15-11-4-5-11/h10-11H,2-9H2,1H3,(H,14,17)(H,15,18). The van der Waals surface area contributed by atoms with Crippen molar-refractivity contribution in [1.82, 2.24) is 15.5 Å². The van der Waals surface area contributed by atoms with Crippen molar-refractivity contribution in [2.75, 3.05) is 33.4 Å². The summed E-state index contributed by atoms with van der Waals surface area (Å²) in [5.74, 6) is -0.0588. The Morgan fingerprint density at radius 1 is 1.32 bits per heavy atom. The van der Waals surface area contributed by atoms with Gasteiger partial charge in [0.05, 0.1) is 12.5 Å². The molecule has 1 saturated heterocycles. The van der Waals surface area contributed by atoms with Crippen molar-refractivity contribution < 1.29 is 14.3 Å². The van der Waals surface area contributed by atoms with Crippen molar-refractivity contribution >= 4 is 11.9 Å². The molecule has 0 aromatic rings. The third-order valence-corrected chi connectivity index (χ3v) is 3.59. The molecule has 1 unspecified atom stereocenters. The first-order valence-corrected chi connectivity index (χ1v) is 7.03. The molecule has 6 heteroatoms. The maximum atomic E-state index is 12.0. The quantitative estimate of drug-likeness (QED) is 0.707. The van der Waals surface area contributed by atoms with Crippen LogP contribution in [0.25, 0.3) is 0 Å². The summed E-state index contributed by atoms with van der Waals surface area (Å²) in [6.07, 6.45) is 3.91. The highest BCUT2D eigenvalue weighted by Crippen LogP contribution is 2.21. The molecule has 0 spiro atoms. The van der Waals surface area contributed by atoms with Gasteiger partial charge in [0.15, 0.2) is 0 Å². The maximum absolute atomic E-state index is 12.0. The zero-order valence-corrected chi connectivity index (χ0v) is 11.5. The number of nitrogens with zero attached hydrogens (tertiary/aromatic N) is 1. The molecule has 1 heterocycles. The van der Waals surface area contributed by atoms with E-state index in [4.69, 9.17) is 4.74 Å². The number of likely N-dealkylation sites (tertiary alicyclic amines) is 1. The molecule has 2 N–H and O–H groups in total. The van der Waals surface area contributed by atoms with E-state index in [1.165, 1.54) is 0 Å². The van der Waals surface area contributed by atoms with Crippen LogP contribution in [0, 0.1) is 5.92 Å². The Kier molecular flexibility index (Phi) is 5.01. The lowest BCUT2D eigenvalue weighted by Crippen LogP contribution is -2.49. The van der Waals surface area contributed by atoms with Gasteiger partial charge in [-0.1, -0.05) is 0 Å². The first-order valence-electron chi connectivity index (χ1n) is 7.03. The molecule has 0 aromatic heterocycles. The van der Waals surface area contributed by atoms with Crippen LogP contribution in [0.1, 0.15) is 25.7 Å². The van der Waals surface area contributed by atoms with Gasteiger partial charge in [-0.3, -0.25) is 4.79 Å². The summed E-state index contributed by atoms with van der Waals surface area (Å²) < 4.78 is 4.90. The van der Waals surface area contributed by atoms with E-state index >= 15 is 0 Å². The van der Waals surface area contributed by atoms with E-state index in [9.17, 15) is 9.59 Å². The fourth-order valence-electron chi connectivity index (χ4n) is 2.29. The lowest BCUT2D eigenvalue weighted by molar-refractivity contribution is -0.126. The highest BCUT2D eigenvalue weighted by atomic mass is 16.5. The van der Waals surface area contributed by atoms with E-state index in [0.29, 0.717) is 25.7 Å². The normalized spacial score (nSPS) is 23.0. The smallest absolute Gasteiger partial charge is 0.317 e. The van der Waals surface area contributed by atoms with Crippen LogP contribution in [0.2, 0.25) is 0 Å². The second-order valence-corrected chi connectivity index (χ2v) is 5.29. The Bertz CT molecular complexity index is 331. The molecule has 108 valence electrons. The molecule has 1 atom stereocenters. The zero-order valence-electron chi connectivity index (χ0n) is 11.5. The summed E-state index contributed by atoms with van der Waals surface area (Å²) in [7, 11) is 1.61. The topological polar surface area (TPSA) is 70.7 Å². The molecule has 2 fully saturated rings. The Morgan fingerprint density at radius 3 is 2.79 bits per heavy atom. The summed E-state index contributed by atoms with van der Waals surface area (Å²) in [6, 6.07) is 0.347. The third-order valence-electron chi connectivity index (χ3n) is 3.59. The van der Waals surface area contributed by atoms with E-state index in [0.717, 1.165) is 32.2 Å². The van der Waals surface area contributed by atoms with Gasteiger partial charge in [0.25, 0.3) is 0 Å². The fraction of sp³-hybridized carbons (Fsp3) is 0.846. The number of carbonyl (C=O) groups is 2. The molecule has 6 nitrogen and oxygen atoms in total. The molecule has 3 amide bonds. The molecular formula is C13H23N3O3. The SMILES string of the molecule is COCCNC(=O)C1CCCN(C(=O)NC2CC2)C1. The monoisotopic (exact) mass is 269 g/mol. The Morgan fingerprint density at radius 2 is 2.11 bits per heavy atom. The van der Waals surface area contributed by atoms with Crippen LogP contribution < -0.4 is 10.6 Å². The second kappa shape index (κ2) is 6.75. The second-order valence-electron chi connectivity index (χ2n) is 5.29. The van der Waals surface area contributed by atoms with Crippen molar-refractivity contribution in [2.24, 2.45) is 5.92 Å². The van der Waals surface area contributed by atoms with E-state index in [1.807, 2.05) is 0 Å². The maximum Gasteiger partial charge on any atom is 0.317 e. The number of urea groups is 1. The van der Waals surface area contributed by atoms with Gasteiger partial charge < -0.3 is 20.3 Å². The summed E-state index contributed by atoms with van der Waals surface area (Å²) in [4.78, 5) is 25.7. The van der Waals surface area contributed by atoms with Crippen molar-refractivity contribution in [3.05, 3.63) is 0 Å². The van der Waals surface area contributed by atoms with Gasteiger partial charge in [0.2, 0.25) is 5.91 Å². The Labute approximate surface area is 113 Å². The predicted octanol–water partition coefficient (Wildman–Crippen LogP) is 0.333. The van der Waals surface area contributed by atoms with Gasteiger partial charge in [0, 0.05) is 32.8 Å². The van der Waals surface area contributed by atoms with Crippen molar-refractivity contribution in [3.8, 4) is 0 Å². The summed E-state index contributed by atoms with van der Waals surface area (Å²) in [5, 5.41) is 5.81. The van der Waals surface area contributed by atoms with Gasteiger partial charge in [-0.15, -0.1) is 0 Å². The number of amides is 3. The minimum absolute atomic E-state index is 0.0168. The molecule has 1 aliphatic heterocycles. The summed E-state index contributed by atoms with van der Waals surface area (Å²) >= 11 is 0. The van der Waals surface area contributed by atoms with Crippen LogP contribution in [-0.2, 0) is 9.53 Å². The largest absolute Gasteiger partial charge is 0.383 e.